The van der Waals surface area contributed by atoms with Crippen molar-refractivity contribution in [2.45, 2.75) is 71.5 Å². The van der Waals surface area contributed by atoms with Crippen molar-refractivity contribution in [3.63, 3.8) is 0 Å². The predicted octanol–water partition coefficient (Wildman–Crippen LogP) is 7.25. The van der Waals surface area contributed by atoms with E-state index in [0.717, 1.165) is 65.4 Å². The lowest BCUT2D eigenvalue weighted by Gasteiger charge is -2.40. The number of aryl methyl sites for hydroxylation is 1. The van der Waals surface area contributed by atoms with Crippen LogP contribution in [0.4, 0.5) is 5.82 Å². The lowest BCUT2D eigenvalue weighted by molar-refractivity contribution is -0.139. The van der Waals surface area contributed by atoms with Gasteiger partial charge in [-0.15, -0.1) is 13.2 Å². The molecule has 2 aromatic heterocycles. The lowest BCUT2D eigenvalue weighted by Crippen LogP contribution is -2.45. The van der Waals surface area contributed by atoms with Crippen LogP contribution >= 0.6 is 0 Å². The molecule has 1 saturated heterocycles. The predicted molar refractivity (Wildman–Crippen MR) is 197 cm³/mol. The van der Waals surface area contributed by atoms with E-state index in [4.69, 9.17) is 29.4 Å². The monoisotopic (exact) mass is 679 g/mol. The Morgan fingerprint density at radius 3 is 2.44 bits per heavy atom. The minimum absolute atomic E-state index is 0.0966. The van der Waals surface area contributed by atoms with E-state index in [2.05, 4.69) is 37.1 Å². The van der Waals surface area contributed by atoms with Crippen molar-refractivity contribution in [2.75, 3.05) is 38.3 Å². The van der Waals surface area contributed by atoms with Crippen LogP contribution in [0.2, 0.25) is 0 Å². The summed E-state index contributed by atoms with van der Waals surface area (Å²) in [5.41, 5.74) is 5.52. The Labute approximate surface area is 295 Å². The fraction of sp³-hybridized carbons (Fsp3) is 0.400. The summed E-state index contributed by atoms with van der Waals surface area (Å²) in [7, 11) is 1.40. The van der Waals surface area contributed by atoms with Crippen molar-refractivity contribution >= 4 is 17.4 Å². The number of hydrogen-bond donors (Lipinski definition) is 1. The molecule has 1 N–H and O–H groups in total. The second-order valence-electron chi connectivity index (χ2n) is 13.6. The number of hydrogen-bond acceptors (Lipinski definition) is 9. The highest BCUT2D eigenvalue weighted by molar-refractivity contribution is 5.79. The second kappa shape index (κ2) is 16.6. The molecule has 264 valence electrons. The van der Waals surface area contributed by atoms with Crippen LogP contribution in [0.5, 0.6) is 5.75 Å². The average molecular weight is 680 g/mol. The number of carbonyl (C=O) groups is 1. The summed E-state index contributed by atoms with van der Waals surface area (Å²) in [5, 5.41) is 23.0. The van der Waals surface area contributed by atoms with Gasteiger partial charge in [-0.1, -0.05) is 30.4 Å². The average Bonchev–Trinajstić information content (AvgIpc) is 3.51. The Morgan fingerprint density at radius 2 is 1.80 bits per heavy atom. The fourth-order valence-corrected chi connectivity index (χ4v) is 5.67. The van der Waals surface area contributed by atoms with Crippen molar-refractivity contribution < 1.29 is 24.1 Å². The third-order valence-corrected chi connectivity index (χ3v) is 8.26. The summed E-state index contributed by atoms with van der Waals surface area (Å²) in [4.78, 5) is 19.6. The topological polar surface area (TPSA) is 122 Å². The molecule has 0 bridgehead atoms. The largest absolute Gasteiger partial charge is 0.493 e. The van der Waals surface area contributed by atoms with Gasteiger partial charge in [-0.3, -0.25) is 4.79 Å². The molecule has 0 atom stereocenters. The number of aromatic nitrogens is 3. The van der Waals surface area contributed by atoms with E-state index in [-0.39, 0.29) is 18.0 Å². The number of nitriles is 1. The highest BCUT2D eigenvalue weighted by Crippen LogP contribution is 2.36. The molecule has 5 rings (SSSR count). The molecule has 0 aliphatic carbocycles. The fourth-order valence-electron chi connectivity index (χ4n) is 5.67. The SMILES string of the molecule is C=CCCOc1cc(C#N)ccc1-c1cccc(-c2cc3nc(C)c(CC(=O)OC)c(N4CCC(C)(OCC=C)CC4)n3n2)c1.CC(C)(C)O. The third-order valence-electron chi connectivity index (χ3n) is 8.26. The first-order chi connectivity index (χ1) is 23.8. The quantitative estimate of drug-likeness (QED) is 0.0937. The molecule has 4 aromatic rings. The number of aliphatic hydroxyl groups is 1. The van der Waals surface area contributed by atoms with Crippen molar-refractivity contribution in [3.8, 4) is 34.2 Å². The van der Waals surface area contributed by atoms with Crippen LogP contribution in [0.15, 0.2) is 73.8 Å². The molecule has 0 amide bonds. The number of carbonyl (C=O) groups excluding carboxylic acids is 1. The second-order valence-corrected chi connectivity index (χ2v) is 13.6. The van der Waals surface area contributed by atoms with E-state index < -0.39 is 5.60 Å². The Bertz CT molecular complexity index is 1850. The van der Waals surface area contributed by atoms with Gasteiger partial charge in [0.05, 0.1) is 55.3 Å². The zero-order valence-electron chi connectivity index (χ0n) is 30.2. The highest BCUT2D eigenvalue weighted by atomic mass is 16.5. The first-order valence-electron chi connectivity index (χ1n) is 16.9. The minimum Gasteiger partial charge on any atom is -0.493 e. The van der Waals surface area contributed by atoms with Gasteiger partial charge in [0.15, 0.2) is 5.65 Å². The molecule has 0 spiro atoms. The summed E-state index contributed by atoms with van der Waals surface area (Å²) in [6.07, 6.45) is 6.01. The first-order valence-corrected chi connectivity index (χ1v) is 16.9. The van der Waals surface area contributed by atoms with Crippen LogP contribution in [-0.4, -0.2) is 70.3 Å². The molecule has 0 radical (unpaired) electrons. The smallest absolute Gasteiger partial charge is 0.310 e. The van der Waals surface area contributed by atoms with E-state index in [0.29, 0.717) is 36.6 Å². The van der Waals surface area contributed by atoms with Gasteiger partial charge in [0.1, 0.15) is 11.6 Å². The van der Waals surface area contributed by atoms with Gasteiger partial charge in [-0.2, -0.15) is 14.9 Å². The maximum absolute atomic E-state index is 12.5. The van der Waals surface area contributed by atoms with Gasteiger partial charge in [-0.05, 0) is 83.7 Å². The van der Waals surface area contributed by atoms with Crippen LogP contribution in [0.25, 0.3) is 28.0 Å². The highest BCUT2D eigenvalue weighted by Gasteiger charge is 2.33. The van der Waals surface area contributed by atoms with Crippen LogP contribution < -0.4 is 9.64 Å². The summed E-state index contributed by atoms with van der Waals surface area (Å²) in [5.74, 6) is 1.16. The Hall–Kier alpha value is -4.98. The molecule has 1 fully saturated rings. The summed E-state index contributed by atoms with van der Waals surface area (Å²) < 4.78 is 19.0. The molecule has 2 aromatic carbocycles. The molecule has 50 heavy (non-hydrogen) atoms. The summed E-state index contributed by atoms with van der Waals surface area (Å²) >= 11 is 0. The summed E-state index contributed by atoms with van der Waals surface area (Å²) in [6, 6.07) is 17.7. The molecule has 0 saturated carbocycles. The van der Waals surface area contributed by atoms with Crippen LogP contribution in [-0.2, 0) is 20.7 Å². The number of benzene rings is 2. The molecule has 10 nitrogen and oxygen atoms in total. The maximum atomic E-state index is 12.5. The van der Waals surface area contributed by atoms with Crippen LogP contribution in [0.1, 0.15) is 63.8 Å². The summed E-state index contributed by atoms with van der Waals surface area (Å²) in [6.45, 7) is 19.3. The van der Waals surface area contributed by atoms with Gasteiger partial charge >= 0.3 is 5.97 Å². The normalized spacial score (nSPS) is 13.9. The Balaban J connectivity index is 0.00000105. The van der Waals surface area contributed by atoms with E-state index in [1.807, 2.05) is 41.8 Å². The molecule has 0 unspecified atom stereocenters. The van der Waals surface area contributed by atoms with E-state index in [9.17, 15) is 10.1 Å². The molecule has 3 heterocycles. The minimum atomic E-state index is -0.500. The van der Waals surface area contributed by atoms with E-state index in [1.165, 1.54) is 7.11 Å². The van der Waals surface area contributed by atoms with Gasteiger partial charge < -0.3 is 24.2 Å². The number of ether oxygens (including phenoxy) is 3. The number of fused-ring (bicyclic) bond motifs is 1. The molecular weight excluding hydrogens is 630 g/mol. The van der Waals surface area contributed by atoms with Crippen molar-refractivity contribution in [1.29, 1.82) is 5.26 Å². The van der Waals surface area contributed by atoms with Crippen molar-refractivity contribution in [3.05, 3.63) is 90.7 Å². The number of methoxy groups -OCH3 is 1. The van der Waals surface area contributed by atoms with Gasteiger partial charge in [-0.25, -0.2) is 4.98 Å². The van der Waals surface area contributed by atoms with Crippen LogP contribution in [0, 0.1) is 18.3 Å². The van der Waals surface area contributed by atoms with Gasteiger partial charge in [0.2, 0.25) is 0 Å². The zero-order chi connectivity index (χ0) is 36.5. The Kier molecular flexibility index (Phi) is 12.6. The lowest BCUT2D eigenvalue weighted by atomic mass is 9.93. The van der Waals surface area contributed by atoms with Crippen molar-refractivity contribution in [2.24, 2.45) is 0 Å². The van der Waals surface area contributed by atoms with E-state index >= 15 is 0 Å². The number of nitrogens with zero attached hydrogens (tertiary/aromatic N) is 5. The van der Waals surface area contributed by atoms with Crippen LogP contribution in [0.3, 0.4) is 0 Å². The number of piperidine rings is 1. The maximum Gasteiger partial charge on any atom is 0.310 e. The number of anilines is 1. The van der Waals surface area contributed by atoms with Gasteiger partial charge in [0.25, 0.3) is 0 Å². The molecule has 10 heteroatoms. The first kappa shape index (κ1) is 37.8. The molecule has 1 aliphatic heterocycles. The standard InChI is InChI=1S/C36H39N5O4.C4H10O/c1-6-8-19-44-32-20-26(24-37)12-13-29(32)27-10-9-11-28(21-27)31-23-33-38-25(3)30(22-34(42)43-5)35(41(33)39-31)40-16-14-36(4,15-17-40)45-18-7-2;1-4(2,3)5/h6-7,9-13,20-21,23H,1-2,8,14-19,22H2,3-5H3;5H,1-3H3. The number of rotatable bonds is 12. The third kappa shape index (κ3) is 9.80. The molecular formula is C40H49N5O5. The zero-order valence-corrected chi connectivity index (χ0v) is 30.2. The number of esters is 1. The van der Waals surface area contributed by atoms with Gasteiger partial charge in [0, 0.05) is 41.5 Å². The molecule has 1 aliphatic rings. The van der Waals surface area contributed by atoms with Crippen molar-refractivity contribution in [1.82, 2.24) is 14.6 Å². The van der Waals surface area contributed by atoms with E-state index in [1.54, 1.807) is 45.1 Å². The Morgan fingerprint density at radius 1 is 1.10 bits per heavy atom.